The van der Waals surface area contributed by atoms with Gasteiger partial charge < -0.3 is 10.2 Å². The number of anilines is 3. The molecule has 0 fully saturated rings. The van der Waals surface area contributed by atoms with Gasteiger partial charge in [-0.15, -0.1) is 0 Å². The molecule has 3 aromatic carbocycles. The van der Waals surface area contributed by atoms with Crippen molar-refractivity contribution >= 4 is 40.8 Å². The van der Waals surface area contributed by atoms with Crippen molar-refractivity contribution in [1.29, 1.82) is 5.26 Å². The minimum atomic E-state index is -0.415. The molecule has 1 N–H and O–H groups in total. The summed E-state index contributed by atoms with van der Waals surface area (Å²) in [4.78, 5) is 16.9. The number of nitrogens with zero attached hydrogens (tertiary/aromatic N) is 2. The zero-order chi connectivity index (χ0) is 19.5. The summed E-state index contributed by atoms with van der Waals surface area (Å²) in [7, 11) is 2.04. The van der Waals surface area contributed by atoms with Gasteiger partial charge in [0.25, 0.3) is 5.91 Å². The summed E-state index contributed by atoms with van der Waals surface area (Å²) in [5.41, 5.74) is 3.82. The van der Waals surface area contributed by atoms with Crippen LogP contribution in [-0.2, 0) is 4.79 Å². The van der Waals surface area contributed by atoms with Crippen LogP contribution in [0.4, 0.5) is 17.1 Å². The molecule has 4 rings (SSSR count). The Hall–Kier alpha value is -3.49. The minimum absolute atomic E-state index is 0.0679. The summed E-state index contributed by atoms with van der Waals surface area (Å²) >= 11 is 1.69. The van der Waals surface area contributed by atoms with Crippen LogP contribution in [0.1, 0.15) is 5.56 Å². The number of hydrogen-bond donors (Lipinski definition) is 1. The average Bonchev–Trinajstić information content (AvgIpc) is 2.72. The zero-order valence-corrected chi connectivity index (χ0v) is 16.0. The molecule has 1 aliphatic rings. The highest BCUT2D eigenvalue weighted by Crippen LogP contribution is 2.47. The third-order valence-corrected chi connectivity index (χ3v) is 5.61. The Labute approximate surface area is 168 Å². The molecule has 0 aliphatic carbocycles. The SMILES string of the molecule is CN1c2ccccc2Sc2cc(/C=C(\C#N)C(=O)Nc3ccccc3)ccc21. The van der Waals surface area contributed by atoms with Gasteiger partial charge in [-0.2, -0.15) is 5.26 Å². The van der Waals surface area contributed by atoms with Crippen molar-refractivity contribution in [2.45, 2.75) is 9.79 Å². The molecular weight excluding hydrogens is 366 g/mol. The third kappa shape index (κ3) is 3.51. The largest absolute Gasteiger partial charge is 0.343 e. The lowest BCUT2D eigenvalue weighted by Crippen LogP contribution is -2.14. The average molecular weight is 383 g/mol. The van der Waals surface area contributed by atoms with Crippen LogP contribution in [-0.4, -0.2) is 13.0 Å². The van der Waals surface area contributed by atoms with E-state index in [0.29, 0.717) is 5.69 Å². The van der Waals surface area contributed by atoms with E-state index in [1.807, 2.05) is 61.6 Å². The van der Waals surface area contributed by atoms with Crippen molar-refractivity contribution < 1.29 is 4.79 Å². The number of nitriles is 1. The van der Waals surface area contributed by atoms with E-state index in [9.17, 15) is 10.1 Å². The number of carbonyl (C=O) groups excluding carboxylic acids is 1. The molecule has 5 heteroatoms. The van der Waals surface area contributed by atoms with Crippen LogP contribution in [0.2, 0.25) is 0 Å². The molecule has 28 heavy (non-hydrogen) atoms. The van der Waals surface area contributed by atoms with Gasteiger partial charge in [-0.1, -0.05) is 48.2 Å². The molecule has 1 aliphatic heterocycles. The second-order valence-electron chi connectivity index (χ2n) is 6.35. The maximum atomic E-state index is 12.4. The van der Waals surface area contributed by atoms with Crippen LogP contribution in [0.5, 0.6) is 0 Å². The van der Waals surface area contributed by atoms with Crippen molar-refractivity contribution in [2.75, 3.05) is 17.3 Å². The van der Waals surface area contributed by atoms with Crippen LogP contribution in [0.15, 0.2) is 88.2 Å². The van der Waals surface area contributed by atoms with E-state index in [4.69, 9.17) is 0 Å². The third-order valence-electron chi connectivity index (χ3n) is 4.50. The molecule has 0 aromatic heterocycles. The molecular formula is C23H17N3OS. The summed E-state index contributed by atoms with van der Waals surface area (Å²) in [6, 6.07) is 25.3. The second-order valence-corrected chi connectivity index (χ2v) is 7.43. The lowest BCUT2D eigenvalue weighted by molar-refractivity contribution is -0.112. The molecule has 0 radical (unpaired) electrons. The number of fused-ring (bicyclic) bond motifs is 2. The van der Waals surface area contributed by atoms with Gasteiger partial charge in [-0.05, 0) is 48.0 Å². The van der Waals surface area contributed by atoms with Crippen molar-refractivity contribution in [3.8, 4) is 6.07 Å². The van der Waals surface area contributed by atoms with E-state index in [1.165, 1.54) is 10.6 Å². The predicted molar refractivity (Wildman–Crippen MR) is 114 cm³/mol. The molecule has 4 nitrogen and oxygen atoms in total. The molecule has 3 aromatic rings. The predicted octanol–water partition coefficient (Wildman–Crippen LogP) is 5.46. The van der Waals surface area contributed by atoms with E-state index >= 15 is 0 Å². The lowest BCUT2D eigenvalue weighted by Gasteiger charge is -2.29. The van der Waals surface area contributed by atoms with Gasteiger partial charge in [0.1, 0.15) is 11.6 Å². The zero-order valence-electron chi connectivity index (χ0n) is 15.2. The Morgan fingerprint density at radius 1 is 1.00 bits per heavy atom. The van der Waals surface area contributed by atoms with Crippen molar-refractivity contribution in [3.63, 3.8) is 0 Å². The molecule has 0 unspecified atom stereocenters. The van der Waals surface area contributed by atoms with Gasteiger partial charge >= 0.3 is 0 Å². The van der Waals surface area contributed by atoms with Gasteiger partial charge in [0.2, 0.25) is 0 Å². The van der Waals surface area contributed by atoms with Gasteiger partial charge in [0.05, 0.1) is 11.4 Å². The molecule has 1 amide bonds. The van der Waals surface area contributed by atoms with E-state index in [-0.39, 0.29) is 5.57 Å². The first-order valence-corrected chi connectivity index (χ1v) is 9.60. The Balaban J connectivity index is 1.62. The van der Waals surface area contributed by atoms with Gasteiger partial charge in [0, 0.05) is 22.5 Å². The number of benzene rings is 3. The summed E-state index contributed by atoms with van der Waals surface area (Å²) in [5, 5.41) is 12.2. The van der Waals surface area contributed by atoms with Crippen LogP contribution in [0.3, 0.4) is 0 Å². The minimum Gasteiger partial charge on any atom is -0.343 e. The first-order valence-electron chi connectivity index (χ1n) is 8.78. The molecule has 0 bridgehead atoms. The Kier molecular flexibility index (Phi) is 4.88. The highest BCUT2D eigenvalue weighted by molar-refractivity contribution is 7.99. The summed E-state index contributed by atoms with van der Waals surface area (Å²) < 4.78 is 0. The molecule has 0 saturated heterocycles. The van der Waals surface area contributed by atoms with E-state index < -0.39 is 5.91 Å². The Morgan fingerprint density at radius 3 is 2.50 bits per heavy atom. The summed E-state index contributed by atoms with van der Waals surface area (Å²) in [6.07, 6.45) is 1.62. The number of rotatable bonds is 3. The van der Waals surface area contributed by atoms with E-state index in [2.05, 4.69) is 22.3 Å². The van der Waals surface area contributed by atoms with E-state index in [1.54, 1.807) is 30.0 Å². The smallest absolute Gasteiger partial charge is 0.266 e. The monoisotopic (exact) mass is 383 g/mol. The van der Waals surface area contributed by atoms with Gasteiger partial charge in [-0.25, -0.2) is 0 Å². The van der Waals surface area contributed by atoms with Crippen LogP contribution >= 0.6 is 11.8 Å². The Bertz CT molecular complexity index is 1120. The van der Waals surface area contributed by atoms with Crippen LogP contribution in [0, 0.1) is 11.3 Å². The van der Waals surface area contributed by atoms with Crippen molar-refractivity contribution in [1.82, 2.24) is 0 Å². The standard InChI is InChI=1S/C23H17N3OS/c1-26-19-9-5-6-10-21(19)28-22-14-16(11-12-20(22)26)13-17(15-24)23(27)25-18-7-3-2-4-8-18/h2-14H,1H3,(H,25,27)/b17-13+. The first-order chi connectivity index (χ1) is 13.7. The molecule has 0 spiro atoms. The fourth-order valence-corrected chi connectivity index (χ4v) is 4.28. The quantitative estimate of drug-likeness (QED) is 0.482. The van der Waals surface area contributed by atoms with Crippen LogP contribution in [0.25, 0.3) is 6.08 Å². The number of amides is 1. The maximum Gasteiger partial charge on any atom is 0.266 e. The lowest BCUT2D eigenvalue weighted by atomic mass is 10.1. The van der Waals surface area contributed by atoms with Gasteiger partial charge in [0.15, 0.2) is 0 Å². The maximum absolute atomic E-state index is 12.4. The fraction of sp³-hybridized carbons (Fsp3) is 0.0435. The van der Waals surface area contributed by atoms with Gasteiger partial charge in [-0.3, -0.25) is 4.79 Å². The Morgan fingerprint density at radius 2 is 1.71 bits per heavy atom. The number of para-hydroxylation sites is 2. The highest BCUT2D eigenvalue weighted by atomic mass is 32.2. The van der Waals surface area contributed by atoms with Crippen LogP contribution < -0.4 is 10.2 Å². The normalized spacial score (nSPS) is 12.6. The second kappa shape index (κ2) is 7.63. The highest BCUT2D eigenvalue weighted by Gasteiger charge is 2.20. The molecule has 0 atom stereocenters. The number of nitrogens with one attached hydrogen (secondary N) is 1. The summed E-state index contributed by atoms with van der Waals surface area (Å²) in [6.45, 7) is 0. The van der Waals surface area contributed by atoms with Crippen molar-refractivity contribution in [3.05, 3.63) is 83.9 Å². The molecule has 0 saturated carbocycles. The van der Waals surface area contributed by atoms with Crippen molar-refractivity contribution in [2.24, 2.45) is 0 Å². The first kappa shape index (κ1) is 17.9. The topological polar surface area (TPSA) is 56.1 Å². The van der Waals surface area contributed by atoms with E-state index in [0.717, 1.165) is 16.1 Å². The molecule has 136 valence electrons. The molecule has 1 heterocycles. The number of carbonyl (C=O) groups is 1. The fourth-order valence-electron chi connectivity index (χ4n) is 3.08. The summed E-state index contributed by atoms with van der Waals surface area (Å²) in [5.74, 6) is -0.415. The number of hydrogen-bond acceptors (Lipinski definition) is 4.